The lowest BCUT2D eigenvalue weighted by Gasteiger charge is -2.39. The van der Waals surface area contributed by atoms with Crippen molar-refractivity contribution in [2.75, 3.05) is 13.7 Å². The Kier molecular flexibility index (Phi) is 8.46. The van der Waals surface area contributed by atoms with E-state index in [1.54, 1.807) is 19.2 Å². The van der Waals surface area contributed by atoms with Gasteiger partial charge in [0.1, 0.15) is 23.9 Å². The highest BCUT2D eigenvalue weighted by atomic mass is 19.1. The Morgan fingerprint density at radius 1 is 1.07 bits per heavy atom. The van der Waals surface area contributed by atoms with Crippen molar-refractivity contribution in [3.8, 4) is 22.6 Å². The van der Waals surface area contributed by atoms with Gasteiger partial charge in [0.2, 0.25) is 0 Å². The summed E-state index contributed by atoms with van der Waals surface area (Å²) in [6.45, 7) is 5.40. The highest BCUT2D eigenvalue weighted by Crippen LogP contribution is 2.47. The average Bonchev–Trinajstić information content (AvgIpc) is 3.76. The number of methoxy groups -OCH3 is 1. The van der Waals surface area contributed by atoms with E-state index >= 15 is 4.39 Å². The Hall–Kier alpha value is -3.38. The smallest absolute Gasteiger partial charge is 0.303 e. The summed E-state index contributed by atoms with van der Waals surface area (Å²) in [6.07, 6.45) is 5.22. The molecule has 5 rings (SSSR count). The first-order valence-electron chi connectivity index (χ1n) is 14.3. The van der Waals surface area contributed by atoms with Crippen molar-refractivity contribution in [2.45, 2.75) is 71.0 Å². The van der Waals surface area contributed by atoms with E-state index in [2.05, 4.69) is 19.9 Å². The van der Waals surface area contributed by atoms with Gasteiger partial charge in [-0.1, -0.05) is 51.0 Å². The number of rotatable bonds is 11. The first kappa shape index (κ1) is 28.2. The molecule has 3 aromatic rings. The van der Waals surface area contributed by atoms with E-state index in [0.29, 0.717) is 36.2 Å². The van der Waals surface area contributed by atoms with E-state index < -0.39 is 5.97 Å². The van der Waals surface area contributed by atoms with E-state index in [0.717, 1.165) is 41.5 Å². The fourth-order valence-electron chi connectivity index (χ4n) is 5.93. The molecule has 0 aromatic heterocycles. The van der Waals surface area contributed by atoms with Gasteiger partial charge in [-0.3, -0.25) is 4.79 Å². The van der Waals surface area contributed by atoms with Crippen molar-refractivity contribution >= 4 is 5.97 Å². The van der Waals surface area contributed by atoms with Crippen LogP contribution in [0.5, 0.6) is 11.5 Å². The highest BCUT2D eigenvalue weighted by Gasteiger charge is 2.36. The molecule has 0 amide bonds. The number of halogens is 1. The quantitative estimate of drug-likeness (QED) is 0.262. The fourth-order valence-corrected chi connectivity index (χ4v) is 5.93. The Bertz CT molecular complexity index is 1350. The molecule has 1 aliphatic heterocycles. The van der Waals surface area contributed by atoms with Crippen LogP contribution in [-0.2, 0) is 16.1 Å². The molecule has 5 nitrogen and oxygen atoms in total. The lowest BCUT2D eigenvalue weighted by molar-refractivity contribution is -0.137. The maximum absolute atomic E-state index is 15.1. The van der Waals surface area contributed by atoms with Gasteiger partial charge in [0.25, 0.3) is 0 Å². The molecule has 1 aliphatic carbocycles. The van der Waals surface area contributed by atoms with Crippen LogP contribution in [0.1, 0.15) is 81.1 Å². The number of carbonyl (C=O) groups is 1. The molecule has 1 saturated heterocycles. The number of benzene rings is 3. The molecule has 0 radical (unpaired) electrons. The maximum atomic E-state index is 15.1. The van der Waals surface area contributed by atoms with Crippen LogP contribution in [0, 0.1) is 17.2 Å². The molecule has 0 spiro atoms. The Morgan fingerprint density at radius 3 is 2.62 bits per heavy atom. The number of hydrogen-bond acceptors (Lipinski definition) is 4. The van der Waals surface area contributed by atoms with Crippen LogP contribution in [0.2, 0.25) is 0 Å². The van der Waals surface area contributed by atoms with Crippen LogP contribution in [0.3, 0.4) is 0 Å². The lowest BCUT2D eigenvalue weighted by atomic mass is 9.75. The summed E-state index contributed by atoms with van der Waals surface area (Å²) in [6, 6.07) is 18.6. The molecule has 0 bridgehead atoms. The topological polar surface area (TPSA) is 65.0 Å². The van der Waals surface area contributed by atoms with Crippen molar-refractivity contribution in [1.29, 1.82) is 0 Å². The van der Waals surface area contributed by atoms with Crippen LogP contribution in [0.25, 0.3) is 11.1 Å². The number of aliphatic carboxylic acids is 1. The predicted octanol–water partition coefficient (Wildman–Crippen LogP) is 8.32. The summed E-state index contributed by atoms with van der Waals surface area (Å²) in [7, 11) is 1.58. The van der Waals surface area contributed by atoms with E-state index in [9.17, 15) is 9.90 Å². The summed E-state index contributed by atoms with van der Waals surface area (Å²) in [4.78, 5) is 11.5. The largest absolute Gasteiger partial charge is 0.497 e. The number of ether oxygens (including phenoxy) is 3. The first-order chi connectivity index (χ1) is 19.2. The molecule has 2 fully saturated rings. The Morgan fingerprint density at radius 2 is 1.90 bits per heavy atom. The van der Waals surface area contributed by atoms with Crippen molar-refractivity contribution < 1.29 is 28.5 Å². The zero-order chi connectivity index (χ0) is 28.3. The zero-order valence-corrected chi connectivity index (χ0v) is 23.6. The highest BCUT2D eigenvalue weighted by molar-refractivity contribution is 5.71. The summed E-state index contributed by atoms with van der Waals surface area (Å²) in [5.74, 6) is 0.849. The van der Waals surface area contributed by atoms with Gasteiger partial charge in [-0.15, -0.1) is 0 Å². The minimum absolute atomic E-state index is 0.0112. The third kappa shape index (κ3) is 6.67. The van der Waals surface area contributed by atoms with Crippen LogP contribution >= 0.6 is 0 Å². The predicted molar refractivity (Wildman–Crippen MR) is 153 cm³/mol. The Labute approximate surface area is 236 Å². The molecule has 2 atom stereocenters. The standard InChI is InChI=1S/C34H39FO5/c1-34(2)14-5-15-39-33(34)30-17-23(10-12-28(30)29-20-26(38-3)11-13-31(29)35)21-40-27-7-4-6-24(18-27)25(19-32(36)37)16-22-8-9-22/h4,6-7,10-13,17-18,20,22,25,33H,5,8-9,14-16,19,21H2,1-3H3,(H,36,37)/t25-,33?/m1/s1. The third-order valence-corrected chi connectivity index (χ3v) is 8.29. The molecular formula is C34H39FO5. The van der Waals surface area contributed by atoms with Gasteiger partial charge in [-0.2, -0.15) is 0 Å². The maximum Gasteiger partial charge on any atom is 0.303 e. The summed E-state index contributed by atoms with van der Waals surface area (Å²) in [5, 5.41) is 9.45. The summed E-state index contributed by atoms with van der Waals surface area (Å²) >= 11 is 0. The minimum Gasteiger partial charge on any atom is -0.497 e. The van der Waals surface area contributed by atoms with Crippen molar-refractivity contribution in [3.63, 3.8) is 0 Å². The second-order valence-corrected chi connectivity index (χ2v) is 11.9. The van der Waals surface area contributed by atoms with Crippen LogP contribution < -0.4 is 9.47 Å². The van der Waals surface area contributed by atoms with Crippen molar-refractivity contribution in [1.82, 2.24) is 0 Å². The van der Waals surface area contributed by atoms with Gasteiger partial charge >= 0.3 is 5.97 Å². The molecule has 1 unspecified atom stereocenters. The van der Waals surface area contributed by atoms with Crippen LogP contribution in [-0.4, -0.2) is 24.8 Å². The van der Waals surface area contributed by atoms with Gasteiger partial charge in [0.05, 0.1) is 19.6 Å². The molecule has 1 saturated carbocycles. The van der Waals surface area contributed by atoms with Gasteiger partial charge in [0, 0.05) is 12.2 Å². The van der Waals surface area contributed by atoms with Gasteiger partial charge in [-0.25, -0.2) is 4.39 Å². The van der Waals surface area contributed by atoms with E-state index in [-0.39, 0.29) is 29.7 Å². The SMILES string of the molecule is COc1ccc(F)c(-c2ccc(COc3cccc([C@@H](CC(=O)O)CC4CC4)c3)cc2C2OCCCC2(C)C)c1. The summed E-state index contributed by atoms with van der Waals surface area (Å²) < 4.78 is 33.0. The van der Waals surface area contributed by atoms with Crippen molar-refractivity contribution in [3.05, 3.63) is 83.2 Å². The average molecular weight is 547 g/mol. The molecule has 40 heavy (non-hydrogen) atoms. The monoisotopic (exact) mass is 546 g/mol. The number of carboxylic acid groups (broad SMARTS) is 1. The zero-order valence-electron chi connectivity index (χ0n) is 23.6. The molecule has 2 aliphatic rings. The molecule has 3 aromatic carbocycles. The van der Waals surface area contributed by atoms with Crippen LogP contribution in [0.4, 0.5) is 4.39 Å². The fraction of sp³-hybridized carbons (Fsp3) is 0.441. The van der Waals surface area contributed by atoms with E-state index in [4.69, 9.17) is 14.2 Å². The molecule has 1 N–H and O–H groups in total. The van der Waals surface area contributed by atoms with Gasteiger partial charge in [-0.05, 0) is 95.2 Å². The molecular weight excluding hydrogens is 507 g/mol. The van der Waals surface area contributed by atoms with Gasteiger partial charge < -0.3 is 19.3 Å². The van der Waals surface area contributed by atoms with Crippen LogP contribution in [0.15, 0.2) is 60.7 Å². The first-order valence-corrected chi connectivity index (χ1v) is 14.3. The second kappa shape index (κ2) is 12.0. The van der Waals surface area contributed by atoms with Gasteiger partial charge in [0.15, 0.2) is 0 Å². The number of carboxylic acids is 1. The minimum atomic E-state index is -0.773. The second-order valence-electron chi connectivity index (χ2n) is 11.9. The molecule has 1 heterocycles. The molecule has 6 heteroatoms. The lowest BCUT2D eigenvalue weighted by Crippen LogP contribution is -2.30. The number of hydrogen-bond donors (Lipinski definition) is 1. The molecule has 212 valence electrons. The van der Waals surface area contributed by atoms with Crippen molar-refractivity contribution in [2.24, 2.45) is 11.3 Å². The third-order valence-electron chi connectivity index (χ3n) is 8.29. The summed E-state index contributed by atoms with van der Waals surface area (Å²) in [5.41, 5.74) is 4.07. The van der Waals surface area contributed by atoms with E-state index in [1.807, 2.05) is 36.4 Å². The Balaban J connectivity index is 1.43. The normalized spacial score (nSPS) is 19.1. The van der Waals surface area contributed by atoms with E-state index in [1.165, 1.54) is 18.9 Å².